The second-order valence-electron chi connectivity index (χ2n) is 4.69. The molecule has 0 spiro atoms. The van der Waals surface area contributed by atoms with Crippen molar-refractivity contribution >= 4 is 0 Å². The molecule has 0 radical (unpaired) electrons. The Hall–Kier alpha value is -1.44. The van der Waals surface area contributed by atoms with E-state index < -0.39 is 0 Å². The predicted octanol–water partition coefficient (Wildman–Crippen LogP) is 4.17. The summed E-state index contributed by atoms with van der Waals surface area (Å²) in [5.74, 6) is -0.0695. The van der Waals surface area contributed by atoms with Crippen molar-refractivity contribution in [3.8, 4) is 11.5 Å². The normalized spacial score (nSPS) is 10.4. The minimum Gasteiger partial charge on any atom is -0.504 e. The molecule has 2 N–H and O–H groups in total. The van der Waals surface area contributed by atoms with Crippen LogP contribution in [-0.2, 0) is 6.42 Å². The van der Waals surface area contributed by atoms with Gasteiger partial charge in [0.15, 0.2) is 11.5 Å². The highest BCUT2D eigenvalue weighted by atomic mass is 16.3. The van der Waals surface area contributed by atoms with E-state index >= 15 is 0 Å². The van der Waals surface area contributed by atoms with Gasteiger partial charge in [-0.25, -0.2) is 0 Å². The van der Waals surface area contributed by atoms with Gasteiger partial charge >= 0.3 is 0 Å². The summed E-state index contributed by atoms with van der Waals surface area (Å²) >= 11 is 0. The largest absolute Gasteiger partial charge is 0.504 e. The molecule has 1 aromatic rings. The zero-order chi connectivity index (χ0) is 12.7. The molecule has 0 fully saturated rings. The van der Waals surface area contributed by atoms with Crippen LogP contribution in [0.15, 0.2) is 30.4 Å². The molecule has 0 unspecified atom stereocenters. The smallest absolute Gasteiger partial charge is 0.157 e. The summed E-state index contributed by atoms with van der Waals surface area (Å²) in [6.45, 7) is 5.96. The standard InChI is InChI=1S/C15H22O2/c1-12(2)7-5-3-4-6-8-13-9-10-14(16)15(17)11-13/h9-11,16-17H,1,3-8H2,2H3. The molecule has 0 aliphatic carbocycles. The summed E-state index contributed by atoms with van der Waals surface area (Å²) in [5.41, 5.74) is 2.34. The summed E-state index contributed by atoms with van der Waals surface area (Å²) in [6.07, 6.45) is 6.86. The molecule has 0 bridgehead atoms. The van der Waals surface area contributed by atoms with Gasteiger partial charge < -0.3 is 10.2 Å². The maximum atomic E-state index is 9.34. The zero-order valence-corrected chi connectivity index (χ0v) is 10.6. The first-order valence-electron chi connectivity index (χ1n) is 6.25. The summed E-state index contributed by atoms with van der Waals surface area (Å²) in [4.78, 5) is 0. The molecule has 2 heteroatoms. The Morgan fingerprint density at radius 3 is 2.41 bits per heavy atom. The van der Waals surface area contributed by atoms with Gasteiger partial charge in [0.2, 0.25) is 0 Å². The lowest BCUT2D eigenvalue weighted by Crippen LogP contribution is -1.86. The number of hydrogen-bond acceptors (Lipinski definition) is 2. The number of rotatable bonds is 7. The number of unbranched alkanes of at least 4 members (excludes halogenated alkanes) is 3. The first-order chi connectivity index (χ1) is 8.09. The van der Waals surface area contributed by atoms with Gasteiger partial charge in [0.25, 0.3) is 0 Å². The van der Waals surface area contributed by atoms with Crippen molar-refractivity contribution < 1.29 is 10.2 Å². The average molecular weight is 234 g/mol. The molecule has 2 nitrogen and oxygen atoms in total. The molecule has 0 amide bonds. The van der Waals surface area contributed by atoms with Gasteiger partial charge in [-0.15, -0.1) is 6.58 Å². The van der Waals surface area contributed by atoms with Crippen LogP contribution < -0.4 is 0 Å². The van der Waals surface area contributed by atoms with Crippen molar-refractivity contribution in [2.24, 2.45) is 0 Å². The number of phenolic OH excluding ortho intramolecular Hbond substituents is 2. The quantitative estimate of drug-likeness (QED) is 0.422. The molecular formula is C15H22O2. The lowest BCUT2D eigenvalue weighted by atomic mass is 10.0. The van der Waals surface area contributed by atoms with Crippen LogP contribution in [0.25, 0.3) is 0 Å². The van der Waals surface area contributed by atoms with E-state index in [1.165, 1.54) is 24.8 Å². The molecule has 0 atom stereocenters. The topological polar surface area (TPSA) is 40.5 Å². The molecule has 17 heavy (non-hydrogen) atoms. The lowest BCUT2D eigenvalue weighted by Gasteiger charge is -2.04. The fourth-order valence-corrected chi connectivity index (χ4v) is 1.83. The number of allylic oxidation sites excluding steroid dienone is 1. The van der Waals surface area contributed by atoms with Gasteiger partial charge in [-0.05, 0) is 50.3 Å². The highest BCUT2D eigenvalue weighted by molar-refractivity contribution is 5.40. The highest BCUT2D eigenvalue weighted by Crippen LogP contribution is 2.25. The zero-order valence-electron chi connectivity index (χ0n) is 10.6. The van der Waals surface area contributed by atoms with Crippen LogP contribution in [0, 0.1) is 0 Å². The van der Waals surface area contributed by atoms with E-state index in [9.17, 15) is 10.2 Å². The van der Waals surface area contributed by atoms with Crippen LogP contribution in [0.4, 0.5) is 0 Å². The van der Waals surface area contributed by atoms with Gasteiger partial charge in [-0.2, -0.15) is 0 Å². The Kier molecular flexibility index (Phi) is 5.61. The number of aryl methyl sites for hydroxylation is 1. The van der Waals surface area contributed by atoms with Crippen molar-refractivity contribution in [3.63, 3.8) is 0 Å². The Balaban J connectivity index is 2.18. The van der Waals surface area contributed by atoms with Crippen molar-refractivity contribution in [2.75, 3.05) is 0 Å². The molecular weight excluding hydrogens is 212 g/mol. The Labute approximate surface area is 104 Å². The maximum absolute atomic E-state index is 9.34. The molecule has 1 aromatic carbocycles. The second kappa shape index (κ2) is 7.00. The first-order valence-corrected chi connectivity index (χ1v) is 6.25. The molecule has 0 heterocycles. The molecule has 94 valence electrons. The van der Waals surface area contributed by atoms with Gasteiger partial charge in [-0.3, -0.25) is 0 Å². The maximum Gasteiger partial charge on any atom is 0.157 e. The Bertz CT molecular complexity index is 369. The monoisotopic (exact) mass is 234 g/mol. The molecule has 0 aliphatic heterocycles. The van der Waals surface area contributed by atoms with E-state index in [0.29, 0.717) is 0 Å². The summed E-state index contributed by atoms with van der Waals surface area (Å²) in [7, 11) is 0. The van der Waals surface area contributed by atoms with Crippen LogP contribution in [0.3, 0.4) is 0 Å². The Morgan fingerprint density at radius 2 is 1.76 bits per heavy atom. The summed E-state index contributed by atoms with van der Waals surface area (Å²) in [6, 6.07) is 5.05. The molecule has 0 aromatic heterocycles. The van der Waals surface area contributed by atoms with E-state index in [2.05, 4.69) is 13.5 Å². The lowest BCUT2D eigenvalue weighted by molar-refractivity contribution is 0.403. The van der Waals surface area contributed by atoms with Crippen molar-refractivity contribution in [3.05, 3.63) is 35.9 Å². The number of phenols is 2. The van der Waals surface area contributed by atoms with Crippen LogP contribution in [0.1, 0.15) is 44.6 Å². The van der Waals surface area contributed by atoms with Crippen LogP contribution in [0.5, 0.6) is 11.5 Å². The number of aromatic hydroxyl groups is 2. The molecule has 1 rings (SSSR count). The minimum absolute atomic E-state index is 0.0233. The highest BCUT2D eigenvalue weighted by Gasteiger charge is 2.00. The van der Waals surface area contributed by atoms with Crippen LogP contribution in [-0.4, -0.2) is 10.2 Å². The molecule has 0 saturated heterocycles. The molecule has 0 aliphatic rings. The fraction of sp³-hybridized carbons (Fsp3) is 0.467. The van der Waals surface area contributed by atoms with Crippen molar-refractivity contribution in [2.45, 2.75) is 45.4 Å². The SMILES string of the molecule is C=C(C)CCCCCCc1ccc(O)c(O)c1. The third-order valence-electron chi connectivity index (χ3n) is 2.86. The van der Waals surface area contributed by atoms with Crippen LogP contribution in [0.2, 0.25) is 0 Å². The van der Waals surface area contributed by atoms with E-state index in [0.717, 1.165) is 24.8 Å². The first kappa shape index (κ1) is 13.6. The summed E-state index contributed by atoms with van der Waals surface area (Å²) in [5, 5.41) is 18.5. The second-order valence-corrected chi connectivity index (χ2v) is 4.69. The van der Waals surface area contributed by atoms with Gasteiger partial charge in [0.05, 0.1) is 0 Å². The third kappa shape index (κ3) is 5.43. The van der Waals surface area contributed by atoms with E-state index in [1.807, 2.05) is 6.07 Å². The average Bonchev–Trinajstić information content (AvgIpc) is 2.27. The molecule has 0 saturated carbocycles. The van der Waals surface area contributed by atoms with Gasteiger partial charge in [-0.1, -0.05) is 24.5 Å². The third-order valence-corrected chi connectivity index (χ3v) is 2.86. The van der Waals surface area contributed by atoms with E-state index in [-0.39, 0.29) is 11.5 Å². The van der Waals surface area contributed by atoms with Gasteiger partial charge in [0.1, 0.15) is 0 Å². The fourth-order valence-electron chi connectivity index (χ4n) is 1.83. The van der Waals surface area contributed by atoms with E-state index in [1.54, 1.807) is 12.1 Å². The predicted molar refractivity (Wildman–Crippen MR) is 71.4 cm³/mol. The van der Waals surface area contributed by atoms with Crippen LogP contribution >= 0.6 is 0 Å². The van der Waals surface area contributed by atoms with E-state index in [4.69, 9.17) is 0 Å². The van der Waals surface area contributed by atoms with Crippen molar-refractivity contribution in [1.82, 2.24) is 0 Å². The Morgan fingerprint density at radius 1 is 1.06 bits per heavy atom. The van der Waals surface area contributed by atoms with Gasteiger partial charge in [0, 0.05) is 0 Å². The van der Waals surface area contributed by atoms with Crippen molar-refractivity contribution in [1.29, 1.82) is 0 Å². The number of hydrogen-bond donors (Lipinski definition) is 2. The summed E-state index contributed by atoms with van der Waals surface area (Å²) < 4.78 is 0. The number of benzene rings is 1. The minimum atomic E-state index is -0.0461.